The molecule has 2 rings (SSSR count). The molecule has 0 radical (unpaired) electrons. The van der Waals surface area contributed by atoms with Gasteiger partial charge >= 0.3 is 0 Å². The van der Waals surface area contributed by atoms with Crippen molar-refractivity contribution in [1.82, 2.24) is 15.5 Å². The Balaban J connectivity index is 2.34. The number of benzene rings is 1. The third kappa shape index (κ3) is 5.03. The van der Waals surface area contributed by atoms with Crippen LogP contribution in [0.1, 0.15) is 32.3 Å². The van der Waals surface area contributed by atoms with Crippen molar-refractivity contribution in [2.75, 3.05) is 40.4 Å². The number of hydrogen-bond donors (Lipinski definition) is 2. The Morgan fingerprint density at radius 1 is 1.26 bits per heavy atom. The van der Waals surface area contributed by atoms with Crippen LogP contribution in [0.5, 0.6) is 11.5 Å². The summed E-state index contributed by atoms with van der Waals surface area (Å²) in [6.45, 7) is 8.85. The molecule has 2 unspecified atom stereocenters. The average molecular weight is 394 g/mol. The summed E-state index contributed by atoms with van der Waals surface area (Å²) in [6, 6.07) is 5.81. The smallest absolute Gasteiger partial charge is 0.225 e. The van der Waals surface area contributed by atoms with Gasteiger partial charge in [-0.25, -0.2) is 0 Å². The molecule has 1 fully saturated rings. The number of hydrogen-bond acceptors (Lipinski definition) is 4. The van der Waals surface area contributed by atoms with Gasteiger partial charge in [-0.15, -0.1) is 0 Å². The molecule has 1 heterocycles. The maximum absolute atomic E-state index is 12.9. The van der Waals surface area contributed by atoms with Gasteiger partial charge in [0.1, 0.15) is 0 Å². The second-order valence-electron chi connectivity index (χ2n) is 7.18. The van der Waals surface area contributed by atoms with E-state index in [4.69, 9.17) is 21.7 Å². The molecule has 2 N–H and O–H groups in total. The number of rotatable bonds is 7. The molecule has 2 atom stereocenters. The van der Waals surface area contributed by atoms with Gasteiger partial charge < -0.3 is 25.0 Å². The van der Waals surface area contributed by atoms with Gasteiger partial charge in [0.15, 0.2) is 16.6 Å². The number of nitrogens with zero attached hydrogens (tertiary/aromatic N) is 1. The Bertz CT molecular complexity index is 666. The van der Waals surface area contributed by atoms with Gasteiger partial charge in [-0.05, 0) is 31.1 Å². The van der Waals surface area contributed by atoms with Gasteiger partial charge in [0, 0.05) is 37.7 Å². The molecule has 0 aliphatic carbocycles. The number of para-hydroxylation sites is 1. The molecular weight excluding hydrogens is 362 g/mol. The number of nitrogens with one attached hydrogen (secondary N) is 2. The SMILES string of the molecule is CCNC(=S)N1CC(C(=O)NCC(C)C)C(c2cccc(OC)c2OC)C1. The Kier molecular flexibility index (Phi) is 7.71. The van der Waals surface area contributed by atoms with Crippen LogP contribution < -0.4 is 20.1 Å². The van der Waals surface area contributed by atoms with Gasteiger partial charge in [-0.3, -0.25) is 4.79 Å². The lowest BCUT2D eigenvalue weighted by Gasteiger charge is -2.22. The second kappa shape index (κ2) is 9.78. The zero-order valence-corrected chi connectivity index (χ0v) is 17.7. The molecule has 27 heavy (non-hydrogen) atoms. The van der Waals surface area contributed by atoms with Crippen molar-refractivity contribution in [3.05, 3.63) is 23.8 Å². The Labute approximate surface area is 167 Å². The van der Waals surface area contributed by atoms with Crippen molar-refractivity contribution in [1.29, 1.82) is 0 Å². The first kappa shape index (κ1) is 21.3. The van der Waals surface area contributed by atoms with Crippen molar-refractivity contribution in [2.45, 2.75) is 26.7 Å². The minimum absolute atomic E-state index is 0.0289. The number of amides is 1. The first-order valence-electron chi connectivity index (χ1n) is 9.44. The Hall–Kier alpha value is -2.02. The van der Waals surface area contributed by atoms with Crippen molar-refractivity contribution >= 4 is 23.2 Å². The quantitative estimate of drug-likeness (QED) is 0.694. The van der Waals surface area contributed by atoms with Gasteiger partial charge in [0.2, 0.25) is 5.91 Å². The van der Waals surface area contributed by atoms with Crippen LogP contribution in [-0.4, -0.2) is 56.3 Å². The molecule has 7 heteroatoms. The molecule has 0 bridgehead atoms. The highest BCUT2D eigenvalue weighted by Gasteiger charge is 2.41. The lowest BCUT2D eigenvalue weighted by atomic mass is 9.87. The van der Waals surface area contributed by atoms with Gasteiger partial charge in [0.05, 0.1) is 20.1 Å². The fourth-order valence-electron chi connectivity index (χ4n) is 3.45. The van der Waals surface area contributed by atoms with Crippen LogP contribution >= 0.6 is 12.2 Å². The first-order chi connectivity index (χ1) is 12.9. The Morgan fingerprint density at radius 2 is 2.00 bits per heavy atom. The van der Waals surface area contributed by atoms with E-state index in [0.717, 1.165) is 12.1 Å². The summed E-state index contributed by atoms with van der Waals surface area (Å²) in [5, 5.41) is 6.95. The number of ether oxygens (including phenoxy) is 2. The van der Waals surface area contributed by atoms with Gasteiger partial charge in [-0.1, -0.05) is 26.0 Å². The van der Waals surface area contributed by atoms with Crippen molar-refractivity contribution in [3.63, 3.8) is 0 Å². The van der Waals surface area contributed by atoms with E-state index in [0.29, 0.717) is 42.2 Å². The predicted molar refractivity (Wildman–Crippen MR) is 111 cm³/mol. The summed E-state index contributed by atoms with van der Waals surface area (Å²) in [6.07, 6.45) is 0. The van der Waals surface area contributed by atoms with Crippen LogP contribution in [0.4, 0.5) is 0 Å². The Morgan fingerprint density at radius 3 is 2.59 bits per heavy atom. The fraction of sp³-hybridized carbons (Fsp3) is 0.600. The lowest BCUT2D eigenvalue weighted by Crippen LogP contribution is -2.40. The maximum Gasteiger partial charge on any atom is 0.225 e. The molecule has 1 aliphatic rings. The van der Waals surface area contributed by atoms with Crippen LogP contribution in [0.25, 0.3) is 0 Å². The number of carbonyl (C=O) groups excluding carboxylic acids is 1. The highest BCUT2D eigenvalue weighted by molar-refractivity contribution is 7.80. The molecular formula is C20H31N3O3S. The highest BCUT2D eigenvalue weighted by atomic mass is 32.1. The number of carbonyl (C=O) groups is 1. The van der Waals surface area contributed by atoms with E-state index in [1.807, 2.05) is 25.1 Å². The summed E-state index contributed by atoms with van der Waals surface area (Å²) in [4.78, 5) is 15.0. The average Bonchev–Trinajstić information content (AvgIpc) is 3.10. The fourth-order valence-corrected chi connectivity index (χ4v) is 3.75. The van der Waals surface area contributed by atoms with E-state index in [2.05, 4.69) is 29.4 Å². The molecule has 1 aliphatic heterocycles. The zero-order chi connectivity index (χ0) is 20.0. The number of thiocarbonyl (C=S) groups is 1. The van der Waals surface area contributed by atoms with Gasteiger partial charge in [0.25, 0.3) is 0 Å². The van der Waals surface area contributed by atoms with Crippen LogP contribution in [0.3, 0.4) is 0 Å². The van der Waals surface area contributed by atoms with Crippen molar-refractivity contribution in [3.8, 4) is 11.5 Å². The topological polar surface area (TPSA) is 62.8 Å². The van der Waals surface area contributed by atoms with Crippen LogP contribution in [0, 0.1) is 11.8 Å². The van der Waals surface area contributed by atoms with E-state index in [1.54, 1.807) is 14.2 Å². The highest BCUT2D eigenvalue weighted by Crippen LogP contribution is 2.41. The zero-order valence-electron chi connectivity index (χ0n) is 16.9. The van der Waals surface area contributed by atoms with Gasteiger partial charge in [-0.2, -0.15) is 0 Å². The van der Waals surface area contributed by atoms with Crippen LogP contribution in [0.2, 0.25) is 0 Å². The summed E-state index contributed by atoms with van der Waals surface area (Å²) in [7, 11) is 3.25. The van der Waals surface area contributed by atoms with Crippen molar-refractivity contribution < 1.29 is 14.3 Å². The molecule has 1 saturated heterocycles. The first-order valence-corrected chi connectivity index (χ1v) is 9.85. The van der Waals surface area contributed by atoms with E-state index in [-0.39, 0.29) is 17.7 Å². The molecule has 1 amide bonds. The summed E-state index contributed by atoms with van der Waals surface area (Å²) < 4.78 is 11.1. The molecule has 6 nitrogen and oxygen atoms in total. The van der Waals surface area contributed by atoms with E-state index >= 15 is 0 Å². The number of likely N-dealkylation sites (tertiary alicyclic amines) is 1. The molecule has 1 aromatic rings. The minimum atomic E-state index is -0.207. The largest absolute Gasteiger partial charge is 0.493 e. The van der Waals surface area contributed by atoms with Crippen LogP contribution in [0.15, 0.2) is 18.2 Å². The molecule has 0 spiro atoms. The maximum atomic E-state index is 12.9. The van der Waals surface area contributed by atoms with Crippen LogP contribution in [-0.2, 0) is 4.79 Å². The standard InChI is InChI=1S/C20H31N3O3S/c1-6-21-20(27)23-11-15(16(12-23)19(24)22-10-13(2)3)14-8-7-9-17(25-4)18(14)26-5/h7-9,13,15-16H,6,10-12H2,1-5H3,(H,21,27)(H,22,24). The molecule has 0 saturated carbocycles. The molecule has 150 valence electrons. The molecule has 1 aromatic carbocycles. The second-order valence-corrected chi connectivity index (χ2v) is 7.56. The van der Waals surface area contributed by atoms with E-state index in [9.17, 15) is 4.79 Å². The summed E-state index contributed by atoms with van der Waals surface area (Å²) in [5.74, 6) is 1.58. The third-order valence-electron chi connectivity index (χ3n) is 4.79. The number of methoxy groups -OCH3 is 2. The normalized spacial score (nSPS) is 19.1. The lowest BCUT2D eigenvalue weighted by molar-refractivity contribution is -0.125. The summed E-state index contributed by atoms with van der Waals surface area (Å²) in [5.41, 5.74) is 0.975. The van der Waals surface area contributed by atoms with E-state index in [1.165, 1.54) is 0 Å². The third-order valence-corrected chi connectivity index (χ3v) is 5.19. The predicted octanol–water partition coefficient (Wildman–Crippen LogP) is 2.39. The monoisotopic (exact) mass is 393 g/mol. The molecule has 0 aromatic heterocycles. The van der Waals surface area contributed by atoms with Crippen molar-refractivity contribution in [2.24, 2.45) is 11.8 Å². The van der Waals surface area contributed by atoms with E-state index < -0.39 is 0 Å². The summed E-state index contributed by atoms with van der Waals surface area (Å²) >= 11 is 5.50. The minimum Gasteiger partial charge on any atom is -0.493 e.